The van der Waals surface area contributed by atoms with Crippen molar-refractivity contribution < 1.29 is 4.79 Å². The van der Waals surface area contributed by atoms with Crippen LogP contribution in [0.15, 0.2) is 36.4 Å². The number of hydrogen-bond acceptors (Lipinski definition) is 4. The third-order valence-electron chi connectivity index (χ3n) is 5.60. The molecule has 2 N–H and O–H groups in total. The van der Waals surface area contributed by atoms with Gasteiger partial charge >= 0.3 is 0 Å². The van der Waals surface area contributed by atoms with Gasteiger partial charge in [0.25, 0.3) is 5.91 Å². The predicted octanol–water partition coefficient (Wildman–Crippen LogP) is 3.95. The summed E-state index contributed by atoms with van der Waals surface area (Å²) in [4.78, 5) is 19.9. The number of aryl methyl sites for hydroxylation is 1. The summed E-state index contributed by atoms with van der Waals surface area (Å²) >= 11 is 0. The van der Waals surface area contributed by atoms with Crippen molar-refractivity contribution in [3.05, 3.63) is 47.8 Å². The molecule has 2 aromatic heterocycles. The van der Waals surface area contributed by atoms with Gasteiger partial charge in [0.05, 0.1) is 5.69 Å². The molecule has 0 spiro atoms. The van der Waals surface area contributed by atoms with Crippen LogP contribution in [-0.2, 0) is 6.42 Å². The summed E-state index contributed by atoms with van der Waals surface area (Å²) in [5, 5.41) is 4.71. The Hall–Kier alpha value is -2.89. The van der Waals surface area contributed by atoms with Gasteiger partial charge in [-0.1, -0.05) is 31.9 Å². The highest BCUT2D eigenvalue weighted by atomic mass is 16.2. The lowest BCUT2D eigenvalue weighted by Gasteiger charge is -2.27. The number of rotatable bonds is 3. The lowest BCUT2D eigenvalue weighted by molar-refractivity contribution is 0.0692. The molecule has 0 bridgehead atoms. The number of likely N-dealkylation sites (tertiary alicyclic amines) is 1. The zero-order valence-corrected chi connectivity index (χ0v) is 16.6. The van der Waals surface area contributed by atoms with Gasteiger partial charge in [-0.25, -0.2) is 9.50 Å². The fourth-order valence-electron chi connectivity index (χ4n) is 3.92. The molecule has 0 aliphatic carbocycles. The average molecular weight is 377 g/mol. The SMILES string of the molecule is CCc1cc(C(=O)N2CCCCCC2C)nc2cc(-c3ccc(N)cc3)nn12. The van der Waals surface area contributed by atoms with E-state index in [9.17, 15) is 4.79 Å². The van der Waals surface area contributed by atoms with E-state index in [1.54, 1.807) is 0 Å². The van der Waals surface area contributed by atoms with E-state index in [-0.39, 0.29) is 11.9 Å². The van der Waals surface area contributed by atoms with Crippen molar-refractivity contribution in [1.82, 2.24) is 19.5 Å². The normalized spacial score (nSPS) is 17.6. The van der Waals surface area contributed by atoms with Crippen molar-refractivity contribution >= 4 is 17.2 Å². The molecule has 1 aliphatic heterocycles. The lowest BCUT2D eigenvalue weighted by atomic mass is 10.1. The van der Waals surface area contributed by atoms with Gasteiger partial charge in [0.1, 0.15) is 5.69 Å². The number of nitrogens with zero attached hydrogens (tertiary/aromatic N) is 4. The van der Waals surface area contributed by atoms with Crippen LogP contribution >= 0.6 is 0 Å². The molecule has 4 rings (SSSR count). The largest absolute Gasteiger partial charge is 0.399 e. The van der Waals surface area contributed by atoms with Crippen LogP contribution in [0.25, 0.3) is 16.9 Å². The van der Waals surface area contributed by atoms with Crippen molar-refractivity contribution in [2.24, 2.45) is 0 Å². The molecule has 1 aromatic carbocycles. The smallest absolute Gasteiger partial charge is 0.272 e. The van der Waals surface area contributed by atoms with E-state index in [0.717, 1.165) is 48.4 Å². The first kappa shape index (κ1) is 18.5. The third kappa shape index (κ3) is 3.46. The van der Waals surface area contributed by atoms with Crippen molar-refractivity contribution in [3.8, 4) is 11.3 Å². The zero-order chi connectivity index (χ0) is 19.7. The van der Waals surface area contributed by atoms with Crippen LogP contribution in [0, 0.1) is 0 Å². The van der Waals surface area contributed by atoms with E-state index >= 15 is 0 Å². The quantitative estimate of drug-likeness (QED) is 0.701. The monoisotopic (exact) mass is 377 g/mol. The molecule has 1 aliphatic rings. The Morgan fingerprint density at radius 2 is 1.96 bits per heavy atom. The van der Waals surface area contributed by atoms with Crippen LogP contribution in [0.3, 0.4) is 0 Å². The van der Waals surface area contributed by atoms with E-state index < -0.39 is 0 Å². The molecule has 0 saturated carbocycles. The predicted molar refractivity (Wildman–Crippen MR) is 111 cm³/mol. The number of carbonyl (C=O) groups excluding carboxylic acids is 1. The van der Waals surface area contributed by atoms with Crippen LogP contribution in [-0.4, -0.2) is 38.0 Å². The molecule has 1 unspecified atom stereocenters. The molecule has 0 radical (unpaired) electrons. The number of anilines is 1. The van der Waals surface area contributed by atoms with Gasteiger partial charge in [-0.3, -0.25) is 4.79 Å². The van der Waals surface area contributed by atoms with Crippen LogP contribution in [0.2, 0.25) is 0 Å². The molecule has 28 heavy (non-hydrogen) atoms. The summed E-state index contributed by atoms with van der Waals surface area (Å²) in [7, 11) is 0. The number of benzene rings is 1. The number of nitrogen functional groups attached to an aromatic ring is 1. The summed E-state index contributed by atoms with van der Waals surface area (Å²) in [5.74, 6) is 0.0295. The van der Waals surface area contributed by atoms with Gasteiger partial charge < -0.3 is 10.6 Å². The number of carbonyl (C=O) groups is 1. The first-order valence-electron chi connectivity index (χ1n) is 10.1. The van der Waals surface area contributed by atoms with Gasteiger partial charge in [-0.05, 0) is 44.4 Å². The molecule has 3 aromatic rings. The Morgan fingerprint density at radius 1 is 1.18 bits per heavy atom. The molecule has 6 heteroatoms. The first-order chi connectivity index (χ1) is 13.6. The van der Waals surface area contributed by atoms with Crippen molar-refractivity contribution in [3.63, 3.8) is 0 Å². The number of nitrogens with two attached hydrogens (primary N) is 1. The van der Waals surface area contributed by atoms with Gasteiger partial charge in [0, 0.05) is 35.6 Å². The third-order valence-corrected chi connectivity index (χ3v) is 5.60. The molecule has 1 fully saturated rings. The molecule has 6 nitrogen and oxygen atoms in total. The number of hydrogen-bond donors (Lipinski definition) is 1. The van der Waals surface area contributed by atoms with Gasteiger partial charge in [0.15, 0.2) is 5.65 Å². The van der Waals surface area contributed by atoms with Gasteiger partial charge in [0.2, 0.25) is 0 Å². The standard InChI is InChI=1S/C22H27N5O/c1-3-18-13-20(22(28)26-12-6-4-5-7-15(26)2)24-21-14-19(25-27(18)21)16-8-10-17(23)11-9-16/h8-11,13-15H,3-7,12,23H2,1-2H3. The second-order valence-electron chi connectivity index (χ2n) is 7.60. The molecule has 146 valence electrons. The maximum atomic E-state index is 13.2. The number of aromatic nitrogens is 3. The molecular weight excluding hydrogens is 350 g/mol. The molecule has 3 heterocycles. The van der Waals surface area contributed by atoms with E-state index in [1.165, 1.54) is 12.8 Å². The Morgan fingerprint density at radius 3 is 2.71 bits per heavy atom. The molecule has 1 saturated heterocycles. The summed E-state index contributed by atoms with van der Waals surface area (Å²) in [6.07, 6.45) is 5.27. The Labute approximate surface area is 165 Å². The highest BCUT2D eigenvalue weighted by Crippen LogP contribution is 2.23. The summed E-state index contributed by atoms with van der Waals surface area (Å²) in [6, 6.07) is 11.7. The minimum absolute atomic E-state index is 0.0295. The van der Waals surface area contributed by atoms with Gasteiger partial charge in [-0.15, -0.1) is 0 Å². The molecule has 1 amide bonds. The fraction of sp³-hybridized carbons (Fsp3) is 0.409. The Balaban J connectivity index is 1.73. The average Bonchev–Trinajstić information content (AvgIpc) is 3.02. The number of amides is 1. The van der Waals surface area contributed by atoms with Crippen molar-refractivity contribution in [1.29, 1.82) is 0 Å². The summed E-state index contributed by atoms with van der Waals surface area (Å²) in [5.41, 5.74) is 10.5. The van der Waals surface area contributed by atoms with E-state index in [4.69, 9.17) is 10.8 Å². The lowest BCUT2D eigenvalue weighted by Crippen LogP contribution is -2.38. The van der Waals surface area contributed by atoms with Crippen LogP contribution in [0.5, 0.6) is 0 Å². The Bertz CT molecular complexity index is 992. The van der Waals surface area contributed by atoms with E-state index in [1.807, 2.05) is 45.8 Å². The van der Waals surface area contributed by atoms with Crippen LogP contribution < -0.4 is 5.73 Å². The highest BCUT2D eigenvalue weighted by Gasteiger charge is 2.25. The highest BCUT2D eigenvalue weighted by molar-refractivity contribution is 5.93. The first-order valence-corrected chi connectivity index (χ1v) is 10.1. The second-order valence-corrected chi connectivity index (χ2v) is 7.60. The summed E-state index contributed by atoms with van der Waals surface area (Å²) in [6.45, 7) is 5.02. The van der Waals surface area contributed by atoms with Crippen LogP contribution in [0.1, 0.15) is 55.7 Å². The molecular formula is C22H27N5O. The topological polar surface area (TPSA) is 76.5 Å². The zero-order valence-electron chi connectivity index (χ0n) is 16.6. The van der Waals surface area contributed by atoms with E-state index in [2.05, 4.69) is 18.8 Å². The van der Waals surface area contributed by atoms with Gasteiger partial charge in [-0.2, -0.15) is 5.10 Å². The fourth-order valence-corrected chi connectivity index (χ4v) is 3.92. The maximum absolute atomic E-state index is 13.2. The second kappa shape index (κ2) is 7.62. The maximum Gasteiger partial charge on any atom is 0.272 e. The number of fused-ring (bicyclic) bond motifs is 1. The minimum atomic E-state index is 0.0295. The van der Waals surface area contributed by atoms with Crippen LogP contribution in [0.4, 0.5) is 5.69 Å². The summed E-state index contributed by atoms with van der Waals surface area (Å²) < 4.78 is 1.84. The van der Waals surface area contributed by atoms with Crippen molar-refractivity contribution in [2.45, 2.75) is 52.0 Å². The Kier molecular flexibility index (Phi) is 5.03. The minimum Gasteiger partial charge on any atom is -0.399 e. The van der Waals surface area contributed by atoms with Crippen molar-refractivity contribution in [2.75, 3.05) is 12.3 Å². The van der Waals surface area contributed by atoms with E-state index in [0.29, 0.717) is 11.3 Å². The molecule has 1 atom stereocenters.